The molecule has 2 rings (SSSR count). The van der Waals surface area contributed by atoms with Crippen LogP contribution in [0.1, 0.15) is 13.3 Å². The lowest BCUT2D eigenvalue weighted by atomic mass is 10.0. The molecular formula is C11H15ClN2O4S2. The van der Waals surface area contributed by atoms with Crippen molar-refractivity contribution in [3.8, 4) is 0 Å². The molecule has 3 N–H and O–H groups in total. The maximum atomic E-state index is 12.3. The largest absolute Gasteiger partial charge is 0.398 e. The number of halogens is 1. The lowest BCUT2D eigenvalue weighted by Crippen LogP contribution is -2.46. The maximum absolute atomic E-state index is 12.3. The van der Waals surface area contributed by atoms with Crippen molar-refractivity contribution in [1.82, 2.24) is 4.72 Å². The van der Waals surface area contributed by atoms with Gasteiger partial charge in [-0.3, -0.25) is 0 Å². The number of sulfonamides is 1. The number of hydrogen-bond donors (Lipinski definition) is 2. The lowest BCUT2D eigenvalue weighted by molar-refractivity contribution is 0.462. The van der Waals surface area contributed by atoms with Gasteiger partial charge in [-0.15, -0.1) is 0 Å². The summed E-state index contributed by atoms with van der Waals surface area (Å²) in [6, 6.07) is 4.05. The third-order valence-electron chi connectivity index (χ3n) is 3.15. The van der Waals surface area contributed by atoms with Gasteiger partial charge in [-0.2, -0.15) is 0 Å². The average Bonchev–Trinajstić information content (AvgIpc) is 2.50. The summed E-state index contributed by atoms with van der Waals surface area (Å²) in [7, 11) is -7.10. The number of nitrogens with one attached hydrogen (secondary N) is 1. The second-order valence-corrected chi connectivity index (χ2v) is 9.46. The van der Waals surface area contributed by atoms with Crippen molar-refractivity contribution < 1.29 is 16.8 Å². The average molecular weight is 339 g/mol. The van der Waals surface area contributed by atoms with Crippen molar-refractivity contribution in [3.05, 3.63) is 23.2 Å². The molecule has 0 bridgehead atoms. The Morgan fingerprint density at radius 3 is 2.55 bits per heavy atom. The van der Waals surface area contributed by atoms with Crippen LogP contribution in [0.2, 0.25) is 5.02 Å². The first-order valence-electron chi connectivity index (χ1n) is 5.83. The zero-order chi connectivity index (χ0) is 15.2. The van der Waals surface area contributed by atoms with Gasteiger partial charge in [0.2, 0.25) is 10.0 Å². The Balaban J connectivity index is 2.33. The second kappa shape index (κ2) is 4.87. The third-order valence-corrected chi connectivity index (χ3v) is 7.00. The van der Waals surface area contributed by atoms with E-state index in [4.69, 9.17) is 17.3 Å². The Morgan fingerprint density at radius 1 is 1.40 bits per heavy atom. The van der Waals surface area contributed by atoms with Crippen LogP contribution in [0.15, 0.2) is 23.1 Å². The molecule has 9 heteroatoms. The fourth-order valence-corrected chi connectivity index (χ4v) is 6.15. The zero-order valence-electron chi connectivity index (χ0n) is 10.8. The van der Waals surface area contributed by atoms with Gasteiger partial charge in [0, 0.05) is 10.6 Å². The predicted octanol–water partition coefficient (Wildman–Crippen LogP) is 0.778. The molecule has 1 unspecified atom stereocenters. The van der Waals surface area contributed by atoms with Crippen LogP contribution in [0.3, 0.4) is 0 Å². The number of sulfone groups is 1. The van der Waals surface area contributed by atoms with Crippen LogP contribution in [0.4, 0.5) is 5.69 Å². The highest BCUT2D eigenvalue weighted by atomic mass is 35.5. The summed E-state index contributed by atoms with van der Waals surface area (Å²) >= 11 is 5.73. The molecule has 1 aliphatic rings. The van der Waals surface area contributed by atoms with Crippen LogP contribution in [-0.4, -0.2) is 33.9 Å². The molecule has 1 aliphatic heterocycles. The maximum Gasteiger partial charge on any atom is 0.243 e. The summed E-state index contributed by atoms with van der Waals surface area (Å²) in [5.74, 6) is -0.241. The lowest BCUT2D eigenvalue weighted by Gasteiger charge is -2.24. The topological polar surface area (TPSA) is 106 Å². The van der Waals surface area contributed by atoms with E-state index in [2.05, 4.69) is 4.72 Å². The molecule has 0 aliphatic carbocycles. The summed E-state index contributed by atoms with van der Waals surface area (Å²) in [6.07, 6.45) is 0.238. The summed E-state index contributed by atoms with van der Waals surface area (Å²) in [4.78, 5) is -0.104. The molecule has 1 atom stereocenters. The predicted molar refractivity (Wildman–Crippen MR) is 77.9 cm³/mol. The number of anilines is 1. The Kier molecular flexibility index (Phi) is 3.79. The van der Waals surface area contributed by atoms with E-state index in [0.29, 0.717) is 5.02 Å². The summed E-state index contributed by atoms with van der Waals surface area (Å²) in [5.41, 5.74) is 4.67. The molecule has 112 valence electrons. The Bertz CT molecular complexity index is 746. The van der Waals surface area contributed by atoms with Gasteiger partial charge in [0.05, 0.1) is 17.2 Å². The Hall–Kier alpha value is -0.830. The molecule has 0 aromatic heterocycles. The van der Waals surface area contributed by atoms with Gasteiger partial charge >= 0.3 is 0 Å². The number of benzene rings is 1. The van der Waals surface area contributed by atoms with E-state index >= 15 is 0 Å². The van der Waals surface area contributed by atoms with E-state index < -0.39 is 25.4 Å². The third kappa shape index (κ3) is 3.25. The molecule has 0 saturated carbocycles. The number of hydrogen-bond acceptors (Lipinski definition) is 5. The van der Waals surface area contributed by atoms with Gasteiger partial charge in [0.25, 0.3) is 0 Å². The highest BCUT2D eigenvalue weighted by Crippen LogP contribution is 2.28. The SMILES string of the molecule is CC1(NS(=O)(=O)c2ccc(Cl)cc2N)CCS(=O)(=O)C1. The molecule has 1 aromatic carbocycles. The minimum absolute atomic E-state index is 0.0226. The van der Waals surface area contributed by atoms with Gasteiger partial charge in [0.1, 0.15) is 4.90 Å². The van der Waals surface area contributed by atoms with Crippen LogP contribution in [0.25, 0.3) is 0 Å². The second-order valence-electron chi connectivity index (χ2n) is 5.19. The first-order chi connectivity index (χ1) is 9.03. The van der Waals surface area contributed by atoms with Crippen molar-refractivity contribution in [3.63, 3.8) is 0 Å². The smallest absolute Gasteiger partial charge is 0.243 e. The van der Waals surface area contributed by atoms with E-state index in [9.17, 15) is 16.8 Å². The minimum atomic E-state index is -3.90. The van der Waals surface area contributed by atoms with E-state index in [1.165, 1.54) is 18.2 Å². The molecule has 1 aromatic rings. The highest BCUT2D eigenvalue weighted by Gasteiger charge is 2.41. The zero-order valence-corrected chi connectivity index (χ0v) is 13.1. The summed E-state index contributed by atoms with van der Waals surface area (Å²) in [5, 5.41) is 0.330. The molecule has 1 fully saturated rings. The Morgan fingerprint density at radius 2 is 2.05 bits per heavy atom. The van der Waals surface area contributed by atoms with Crippen molar-refractivity contribution in [2.45, 2.75) is 23.8 Å². The molecule has 1 heterocycles. The van der Waals surface area contributed by atoms with Gasteiger partial charge in [-0.05, 0) is 31.5 Å². The fourth-order valence-electron chi connectivity index (χ4n) is 2.23. The molecule has 1 saturated heterocycles. The van der Waals surface area contributed by atoms with Crippen LogP contribution in [0.5, 0.6) is 0 Å². The van der Waals surface area contributed by atoms with E-state index in [1.54, 1.807) is 6.92 Å². The van der Waals surface area contributed by atoms with Crippen molar-refractivity contribution in [2.24, 2.45) is 0 Å². The van der Waals surface area contributed by atoms with E-state index in [0.717, 1.165) is 0 Å². The van der Waals surface area contributed by atoms with Gasteiger partial charge in [-0.1, -0.05) is 11.6 Å². The van der Waals surface area contributed by atoms with E-state index in [-0.39, 0.29) is 28.5 Å². The quantitative estimate of drug-likeness (QED) is 0.792. The molecule has 0 amide bonds. The van der Waals surface area contributed by atoms with Crippen LogP contribution < -0.4 is 10.5 Å². The molecule has 0 radical (unpaired) electrons. The molecular weight excluding hydrogens is 324 g/mol. The molecule has 20 heavy (non-hydrogen) atoms. The van der Waals surface area contributed by atoms with Crippen LogP contribution in [0, 0.1) is 0 Å². The summed E-state index contributed by atoms with van der Waals surface area (Å²) in [6.45, 7) is 1.57. The number of nitrogens with two attached hydrogens (primary N) is 1. The van der Waals surface area contributed by atoms with Crippen LogP contribution >= 0.6 is 11.6 Å². The van der Waals surface area contributed by atoms with Gasteiger partial charge in [-0.25, -0.2) is 21.6 Å². The van der Waals surface area contributed by atoms with Crippen molar-refractivity contribution >= 4 is 37.1 Å². The van der Waals surface area contributed by atoms with Gasteiger partial charge in [0.15, 0.2) is 9.84 Å². The van der Waals surface area contributed by atoms with E-state index in [1.807, 2.05) is 0 Å². The molecule has 0 spiro atoms. The van der Waals surface area contributed by atoms with Gasteiger partial charge < -0.3 is 5.73 Å². The minimum Gasteiger partial charge on any atom is -0.398 e. The fraction of sp³-hybridized carbons (Fsp3) is 0.455. The van der Waals surface area contributed by atoms with Crippen molar-refractivity contribution in [2.75, 3.05) is 17.2 Å². The van der Waals surface area contributed by atoms with Crippen molar-refractivity contribution in [1.29, 1.82) is 0 Å². The number of nitrogen functional groups attached to an aromatic ring is 1. The normalized spacial score (nSPS) is 25.7. The first kappa shape index (κ1) is 15.6. The summed E-state index contributed by atoms with van der Waals surface area (Å²) < 4.78 is 50.1. The highest BCUT2D eigenvalue weighted by molar-refractivity contribution is 7.92. The molecule has 6 nitrogen and oxygen atoms in total. The Labute approximate surface area is 123 Å². The standard InChI is InChI=1S/C11H15ClN2O4S2/c1-11(4-5-19(15,16)7-11)14-20(17,18)10-3-2-8(12)6-9(10)13/h2-3,6,14H,4-5,7,13H2,1H3. The van der Waals surface area contributed by atoms with Crippen LogP contribution in [-0.2, 0) is 19.9 Å². The monoisotopic (exact) mass is 338 g/mol. The number of rotatable bonds is 3. The first-order valence-corrected chi connectivity index (χ1v) is 9.51.